The third-order valence-corrected chi connectivity index (χ3v) is 4.71. The summed E-state index contributed by atoms with van der Waals surface area (Å²) in [5, 5.41) is 0. The third-order valence-electron chi connectivity index (χ3n) is 4.71. The summed E-state index contributed by atoms with van der Waals surface area (Å²) in [6.45, 7) is 6.39. The van der Waals surface area contributed by atoms with E-state index in [1.807, 2.05) is 0 Å². The Kier molecular flexibility index (Phi) is 2.71. The van der Waals surface area contributed by atoms with Crippen LogP contribution in [0.4, 0.5) is 0 Å². The van der Waals surface area contributed by atoms with E-state index in [1.165, 1.54) is 13.5 Å². The van der Waals surface area contributed by atoms with E-state index in [0.717, 1.165) is 12.8 Å². The monoisotopic (exact) mass is 240 g/mol. The van der Waals surface area contributed by atoms with Crippen molar-refractivity contribution in [1.82, 2.24) is 0 Å². The van der Waals surface area contributed by atoms with E-state index >= 15 is 0 Å². The fourth-order valence-electron chi connectivity index (χ4n) is 3.79. The molecule has 0 N–H and O–H groups in total. The van der Waals surface area contributed by atoms with Gasteiger partial charge >= 0.3 is 11.9 Å². The number of esters is 2. The van der Waals surface area contributed by atoms with Gasteiger partial charge in [-0.15, -0.1) is 0 Å². The van der Waals surface area contributed by atoms with E-state index in [4.69, 9.17) is 4.74 Å². The molecule has 2 fully saturated rings. The Morgan fingerprint density at radius 1 is 1.18 bits per heavy atom. The van der Waals surface area contributed by atoms with E-state index in [0.29, 0.717) is 5.92 Å². The molecule has 0 aromatic heterocycles. The Hall–Kier alpha value is -1.06. The van der Waals surface area contributed by atoms with Gasteiger partial charge in [0.25, 0.3) is 0 Å². The van der Waals surface area contributed by atoms with Crippen LogP contribution >= 0.6 is 0 Å². The van der Waals surface area contributed by atoms with E-state index in [1.54, 1.807) is 0 Å². The molecule has 0 aliphatic heterocycles. The Balaban J connectivity index is 2.15. The minimum Gasteiger partial charge on any atom is -0.461 e. The summed E-state index contributed by atoms with van der Waals surface area (Å²) >= 11 is 0. The Bertz CT molecular complexity index is 356. The lowest BCUT2D eigenvalue weighted by atomic mass is 9.70. The first-order valence-corrected chi connectivity index (χ1v) is 6.10. The normalized spacial score (nSPS) is 37.9. The highest BCUT2D eigenvalue weighted by Crippen LogP contribution is 2.63. The predicted molar refractivity (Wildman–Crippen MR) is 61.1 cm³/mol. The van der Waals surface area contributed by atoms with E-state index in [9.17, 15) is 9.59 Å². The van der Waals surface area contributed by atoms with Gasteiger partial charge in [0.2, 0.25) is 0 Å². The van der Waals surface area contributed by atoms with Crippen LogP contribution in [-0.2, 0) is 19.1 Å². The van der Waals surface area contributed by atoms with Crippen molar-refractivity contribution in [3.63, 3.8) is 0 Å². The van der Waals surface area contributed by atoms with Crippen molar-refractivity contribution < 1.29 is 19.1 Å². The maximum atomic E-state index is 11.5. The Labute approximate surface area is 102 Å². The standard InChI is InChI=1S/C13H20O4/c1-12(2)8-5-6-13(3,7-8)11(12)17-10(15)9(14)16-4/h8,11H,5-7H2,1-4H3. The molecule has 0 radical (unpaired) electrons. The lowest BCUT2D eigenvalue weighted by Gasteiger charge is -2.41. The van der Waals surface area contributed by atoms with Crippen LogP contribution in [0.2, 0.25) is 0 Å². The van der Waals surface area contributed by atoms with Crippen molar-refractivity contribution in [2.75, 3.05) is 7.11 Å². The van der Waals surface area contributed by atoms with Gasteiger partial charge in [-0.3, -0.25) is 0 Å². The summed E-state index contributed by atoms with van der Waals surface area (Å²) in [7, 11) is 1.19. The van der Waals surface area contributed by atoms with Crippen molar-refractivity contribution in [3.05, 3.63) is 0 Å². The van der Waals surface area contributed by atoms with Crippen molar-refractivity contribution in [1.29, 1.82) is 0 Å². The maximum absolute atomic E-state index is 11.5. The zero-order valence-electron chi connectivity index (χ0n) is 10.9. The highest BCUT2D eigenvalue weighted by Gasteiger charge is 2.61. The molecular formula is C13H20O4. The molecule has 0 aromatic carbocycles. The van der Waals surface area contributed by atoms with Crippen LogP contribution in [0.25, 0.3) is 0 Å². The Morgan fingerprint density at radius 2 is 1.82 bits per heavy atom. The fraction of sp³-hybridized carbons (Fsp3) is 0.846. The summed E-state index contributed by atoms with van der Waals surface area (Å²) in [4.78, 5) is 22.7. The van der Waals surface area contributed by atoms with Crippen molar-refractivity contribution in [2.24, 2.45) is 16.7 Å². The van der Waals surface area contributed by atoms with Gasteiger partial charge in [0.05, 0.1) is 7.11 Å². The average Bonchev–Trinajstić information content (AvgIpc) is 2.74. The lowest BCUT2D eigenvalue weighted by Crippen LogP contribution is -2.44. The first-order chi connectivity index (χ1) is 7.81. The molecule has 0 aromatic rings. The molecule has 17 heavy (non-hydrogen) atoms. The van der Waals surface area contributed by atoms with Gasteiger partial charge in [-0.25, -0.2) is 9.59 Å². The summed E-state index contributed by atoms with van der Waals surface area (Å²) in [6, 6.07) is 0. The molecule has 3 atom stereocenters. The van der Waals surface area contributed by atoms with Crippen molar-refractivity contribution >= 4 is 11.9 Å². The molecule has 96 valence electrons. The van der Waals surface area contributed by atoms with Crippen LogP contribution < -0.4 is 0 Å². The molecule has 0 spiro atoms. The van der Waals surface area contributed by atoms with Gasteiger partial charge in [0.1, 0.15) is 6.10 Å². The number of carbonyl (C=O) groups is 2. The van der Waals surface area contributed by atoms with Crippen LogP contribution in [0.15, 0.2) is 0 Å². The SMILES string of the molecule is COC(=O)C(=O)OC1C2(C)CCC(C2)C1(C)C. The summed E-state index contributed by atoms with van der Waals surface area (Å²) in [5.41, 5.74) is -0.0193. The number of hydrogen-bond donors (Lipinski definition) is 0. The van der Waals surface area contributed by atoms with Crippen LogP contribution in [0.5, 0.6) is 0 Å². The van der Waals surface area contributed by atoms with Crippen LogP contribution in [0, 0.1) is 16.7 Å². The van der Waals surface area contributed by atoms with Gasteiger partial charge in [-0.1, -0.05) is 20.8 Å². The molecule has 2 aliphatic rings. The molecule has 3 unspecified atom stereocenters. The van der Waals surface area contributed by atoms with Crippen LogP contribution in [0.3, 0.4) is 0 Å². The van der Waals surface area contributed by atoms with Crippen molar-refractivity contribution in [2.45, 2.75) is 46.1 Å². The second kappa shape index (κ2) is 3.72. The van der Waals surface area contributed by atoms with Gasteiger partial charge in [-0.2, -0.15) is 0 Å². The average molecular weight is 240 g/mol. The molecule has 2 saturated carbocycles. The number of methoxy groups -OCH3 is 1. The summed E-state index contributed by atoms with van der Waals surface area (Å²) in [6.07, 6.45) is 3.16. The van der Waals surface area contributed by atoms with Gasteiger partial charge < -0.3 is 9.47 Å². The topological polar surface area (TPSA) is 52.6 Å². The number of carbonyl (C=O) groups excluding carboxylic acids is 2. The Morgan fingerprint density at radius 3 is 2.29 bits per heavy atom. The van der Waals surface area contributed by atoms with E-state index in [-0.39, 0.29) is 16.9 Å². The van der Waals surface area contributed by atoms with Gasteiger partial charge in [0, 0.05) is 10.8 Å². The molecule has 4 nitrogen and oxygen atoms in total. The number of hydrogen-bond acceptors (Lipinski definition) is 4. The second-order valence-electron chi connectivity index (χ2n) is 6.19. The fourth-order valence-corrected chi connectivity index (χ4v) is 3.79. The quantitative estimate of drug-likeness (QED) is 0.519. The largest absolute Gasteiger partial charge is 0.461 e. The molecule has 0 amide bonds. The lowest BCUT2D eigenvalue weighted by molar-refractivity contribution is -0.179. The van der Waals surface area contributed by atoms with E-state index < -0.39 is 11.9 Å². The first kappa shape index (κ1) is 12.4. The van der Waals surface area contributed by atoms with Crippen molar-refractivity contribution in [3.8, 4) is 0 Å². The predicted octanol–water partition coefficient (Wildman–Crippen LogP) is 1.92. The molecule has 4 heteroatoms. The summed E-state index contributed by atoms with van der Waals surface area (Å²) in [5.74, 6) is -1.19. The molecule has 2 aliphatic carbocycles. The number of rotatable bonds is 1. The molecule has 2 rings (SSSR count). The molecule has 0 saturated heterocycles. The third kappa shape index (κ3) is 1.74. The number of fused-ring (bicyclic) bond motifs is 2. The maximum Gasteiger partial charge on any atom is 0.417 e. The second-order valence-corrected chi connectivity index (χ2v) is 6.19. The molecular weight excluding hydrogens is 220 g/mol. The van der Waals surface area contributed by atoms with Crippen LogP contribution in [-0.4, -0.2) is 25.2 Å². The summed E-state index contributed by atoms with van der Waals surface area (Å²) < 4.78 is 9.79. The smallest absolute Gasteiger partial charge is 0.417 e. The van der Waals surface area contributed by atoms with Gasteiger partial charge in [0.15, 0.2) is 0 Å². The minimum atomic E-state index is -0.910. The first-order valence-electron chi connectivity index (χ1n) is 6.10. The highest BCUT2D eigenvalue weighted by molar-refractivity contribution is 6.29. The zero-order valence-corrected chi connectivity index (χ0v) is 10.9. The van der Waals surface area contributed by atoms with Crippen LogP contribution in [0.1, 0.15) is 40.0 Å². The number of ether oxygens (including phenoxy) is 2. The zero-order chi connectivity index (χ0) is 12.8. The minimum absolute atomic E-state index is 0.0256. The molecule has 0 heterocycles. The molecule has 2 bridgehead atoms. The van der Waals surface area contributed by atoms with E-state index in [2.05, 4.69) is 25.5 Å². The highest BCUT2D eigenvalue weighted by atomic mass is 16.6. The van der Waals surface area contributed by atoms with Gasteiger partial charge in [-0.05, 0) is 25.2 Å².